The molecule has 0 saturated carbocycles. The van der Waals surface area contributed by atoms with Crippen molar-refractivity contribution in [3.8, 4) is 11.5 Å². The van der Waals surface area contributed by atoms with E-state index in [2.05, 4.69) is 0 Å². The average molecular weight is 442 g/mol. The van der Waals surface area contributed by atoms with Gasteiger partial charge in [0.25, 0.3) is 0 Å². The molecule has 0 saturated heterocycles. The Morgan fingerprint density at radius 2 is 0.812 bits per heavy atom. The minimum Gasteiger partial charge on any atom is -0.418 e. The molecule has 4 rings (SSSR count). The van der Waals surface area contributed by atoms with Gasteiger partial charge in [0.2, 0.25) is 0 Å². The molecule has 0 aliphatic carbocycles. The highest BCUT2D eigenvalue weighted by atomic mass is 31.2. The van der Waals surface area contributed by atoms with Crippen LogP contribution in [0.3, 0.4) is 0 Å². The average Bonchev–Trinajstić information content (AvgIpc) is 2.85. The van der Waals surface area contributed by atoms with Gasteiger partial charge in [-0.25, -0.2) is 0 Å². The number of carbonyl (C=O) groups is 2. The van der Waals surface area contributed by atoms with Gasteiger partial charge in [0, 0.05) is 22.3 Å². The van der Waals surface area contributed by atoms with Crippen molar-refractivity contribution in [1.29, 1.82) is 0 Å². The summed E-state index contributed by atoms with van der Waals surface area (Å²) in [6.07, 6.45) is 0. The summed E-state index contributed by atoms with van der Waals surface area (Å²) in [6, 6.07) is 30.9. The fraction of sp³-hybridized carbons (Fsp3) is 0. The number of benzene rings is 4. The number of carbonyl (C=O) groups excluding carboxylic acids is 2. The van der Waals surface area contributed by atoms with Gasteiger partial charge in [-0.1, -0.05) is 60.7 Å². The molecule has 0 aromatic heterocycles. The van der Waals surface area contributed by atoms with Crippen molar-refractivity contribution < 1.29 is 23.5 Å². The van der Waals surface area contributed by atoms with Gasteiger partial charge < -0.3 is 13.9 Å². The van der Waals surface area contributed by atoms with Crippen LogP contribution in [-0.4, -0.2) is 16.5 Å². The van der Waals surface area contributed by atoms with Gasteiger partial charge in [-0.05, 0) is 48.5 Å². The van der Waals surface area contributed by atoms with Crippen molar-refractivity contribution in [2.45, 2.75) is 0 Å². The summed E-state index contributed by atoms with van der Waals surface area (Å²) < 4.78 is 10.9. The summed E-state index contributed by atoms with van der Waals surface area (Å²) in [5, 5.41) is 0. The number of ketones is 2. The fourth-order valence-corrected chi connectivity index (χ4v) is 3.69. The van der Waals surface area contributed by atoms with E-state index in [-0.39, 0.29) is 11.6 Å². The van der Waals surface area contributed by atoms with Gasteiger partial charge in [-0.3, -0.25) is 9.59 Å². The summed E-state index contributed by atoms with van der Waals surface area (Å²) in [4.78, 5) is 35.1. The monoisotopic (exact) mass is 442 g/mol. The maximum absolute atomic E-state index is 12.5. The molecule has 0 bridgehead atoms. The maximum atomic E-state index is 12.5. The molecular formula is C26H19O5P. The van der Waals surface area contributed by atoms with E-state index < -0.39 is 8.60 Å². The standard InChI is InChI=1S/C26H19O5P/c27-25(19-7-3-1-4-8-19)21-11-15-23(16-12-21)30-32(29)31-24-17-13-22(14-18-24)26(28)20-9-5-2-6-10-20/h1-18,29H. The van der Waals surface area contributed by atoms with Crippen LogP contribution >= 0.6 is 8.60 Å². The SMILES string of the molecule is O=C(c1ccccc1)c1ccc(OP(O)Oc2ccc(C(=O)c3ccccc3)cc2)cc1. The highest BCUT2D eigenvalue weighted by Crippen LogP contribution is 2.36. The van der Waals surface area contributed by atoms with E-state index in [1.54, 1.807) is 72.8 Å². The Balaban J connectivity index is 1.35. The van der Waals surface area contributed by atoms with Crippen molar-refractivity contribution in [2.75, 3.05) is 0 Å². The lowest BCUT2D eigenvalue weighted by atomic mass is 10.0. The molecule has 32 heavy (non-hydrogen) atoms. The molecule has 0 fully saturated rings. The smallest absolute Gasteiger partial charge is 0.418 e. The number of hydrogen-bond donors (Lipinski definition) is 1. The first kappa shape index (κ1) is 21.4. The normalized spacial score (nSPS) is 10.6. The van der Waals surface area contributed by atoms with Gasteiger partial charge in [0.1, 0.15) is 11.5 Å². The fourth-order valence-electron chi connectivity index (χ4n) is 3.05. The van der Waals surface area contributed by atoms with Crippen LogP contribution in [0.4, 0.5) is 0 Å². The van der Waals surface area contributed by atoms with Gasteiger partial charge in [-0.2, -0.15) is 0 Å². The van der Waals surface area contributed by atoms with Crippen molar-refractivity contribution in [3.05, 3.63) is 131 Å². The Hall–Kier alpha value is -3.79. The van der Waals surface area contributed by atoms with Gasteiger partial charge in [0.05, 0.1) is 0 Å². The molecule has 1 N–H and O–H groups in total. The van der Waals surface area contributed by atoms with Crippen LogP contribution in [0, 0.1) is 0 Å². The summed E-state index contributed by atoms with van der Waals surface area (Å²) in [5.74, 6) is 0.563. The Kier molecular flexibility index (Phi) is 6.71. The molecule has 0 atom stereocenters. The van der Waals surface area contributed by atoms with E-state index in [0.29, 0.717) is 33.8 Å². The second-order valence-electron chi connectivity index (χ2n) is 6.86. The topological polar surface area (TPSA) is 72.8 Å². The van der Waals surface area contributed by atoms with Crippen LogP contribution in [0.1, 0.15) is 31.8 Å². The summed E-state index contributed by atoms with van der Waals surface area (Å²) in [7, 11) is -2.24. The Bertz CT molecular complexity index is 1090. The Labute approximate surface area is 186 Å². The predicted octanol–water partition coefficient (Wildman–Crippen LogP) is 5.83. The molecule has 0 aliphatic rings. The summed E-state index contributed by atoms with van der Waals surface area (Å²) >= 11 is 0. The molecule has 0 aliphatic heterocycles. The molecule has 0 amide bonds. The first-order valence-electron chi connectivity index (χ1n) is 9.85. The molecule has 0 unspecified atom stereocenters. The first-order chi connectivity index (χ1) is 15.6. The van der Waals surface area contributed by atoms with Crippen LogP contribution in [0.5, 0.6) is 11.5 Å². The quantitative estimate of drug-likeness (QED) is 0.275. The van der Waals surface area contributed by atoms with E-state index in [9.17, 15) is 14.5 Å². The molecule has 6 heteroatoms. The van der Waals surface area contributed by atoms with Gasteiger partial charge >= 0.3 is 8.60 Å². The first-order valence-corrected chi connectivity index (χ1v) is 11.0. The predicted molar refractivity (Wildman–Crippen MR) is 123 cm³/mol. The zero-order valence-corrected chi connectivity index (χ0v) is 17.8. The van der Waals surface area contributed by atoms with E-state index >= 15 is 0 Å². The molecule has 4 aromatic rings. The van der Waals surface area contributed by atoms with E-state index in [0.717, 1.165) is 0 Å². The minimum atomic E-state index is -2.24. The van der Waals surface area contributed by atoms with Crippen LogP contribution in [0.25, 0.3) is 0 Å². The van der Waals surface area contributed by atoms with Crippen molar-refractivity contribution in [3.63, 3.8) is 0 Å². The number of rotatable bonds is 8. The second kappa shape index (κ2) is 10.0. The molecular weight excluding hydrogens is 423 g/mol. The van der Waals surface area contributed by atoms with Crippen LogP contribution in [0.2, 0.25) is 0 Å². The Morgan fingerprint density at radius 3 is 1.16 bits per heavy atom. The number of hydrogen-bond acceptors (Lipinski definition) is 5. The van der Waals surface area contributed by atoms with E-state index in [1.807, 2.05) is 36.4 Å². The van der Waals surface area contributed by atoms with Crippen LogP contribution in [-0.2, 0) is 0 Å². The largest absolute Gasteiger partial charge is 0.460 e. The third kappa shape index (κ3) is 5.27. The van der Waals surface area contributed by atoms with Crippen molar-refractivity contribution in [1.82, 2.24) is 0 Å². The Morgan fingerprint density at radius 1 is 0.500 bits per heavy atom. The molecule has 0 heterocycles. The lowest BCUT2D eigenvalue weighted by molar-refractivity contribution is 0.103. The van der Waals surface area contributed by atoms with E-state index in [4.69, 9.17) is 9.05 Å². The third-order valence-corrected chi connectivity index (χ3v) is 5.41. The minimum absolute atomic E-state index is 0.0928. The lowest BCUT2D eigenvalue weighted by Crippen LogP contribution is -2.01. The summed E-state index contributed by atoms with van der Waals surface area (Å²) in [6.45, 7) is 0. The van der Waals surface area contributed by atoms with Crippen LogP contribution in [0.15, 0.2) is 109 Å². The highest BCUT2D eigenvalue weighted by Gasteiger charge is 2.14. The van der Waals surface area contributed by atoms with E-state index in [1.165, 1.54) is 0 Å². The molecule has 0 spiro atoms. The van der Waals surface area contributed by atoms with Crippen LogP contribution < -0.4 is 9.05 Å². The molecule has 4 aromatic carbocycles. The maximum Gasteiger partial charge on any atom is 0.460 e. The van der Waals surface area contributed by atoms with Crippen molar-refractivity contribution >= 4 is 20.2 Å². The second-order valence-corrected chi connectivity index (χ2v) is 7.70. The van der Waals surface area contributed by atoms with Crippen molar-refractivity contribution in [2.24, 2.45) is 0 Å². The highest BCUT2D eigenvalue weighted by molar-refractivity contribution is 7.41. The lowest BCUT2D eigenvalue weighted by Gasteiger charge is -2.13. The molecule has 158 valence electrons. The third-order valence-electron chi connectivity index (χ3n) is 4.67. The summed E-state index contributed by atoms with van der Waals surface area (Å²) in [5.41, 5.74) is 2.24. The van der Waals surface area contributed by atoms with Gasteiger partial charge in [0.15, 0.2) is 11.6 Å². The zero-order chi connectivity index (χ0) is 22.3. The zero-order valence-electron chi connectivity index (χ0n) is 16.9. The molecule has 0 radical (unpaired) electrons. The molecule has 5 nitrogen and oxygen atoms in total. The van der Waals surface area contributed by atoms with Gasteiger partial charge in [-0.15, -0.1) is 0 Å².